The van der Waals surface area contributed by atoms with Gasteiger partial charge in [0.1, 0.15) is 5.75 Å². The lowest BCUT2D eigenvalue weighted by Gasteiger charge is -2.09. The van der Waals surface area contributed by atoms with Gasteiger partial charge in [-0.15, -0.1) is 10.2 Å². The molecule has 0 aliphatic rings. The fraction of sp³-hybridized carbons (Fsp3) is 0.304. The number of aromatic nitrogens is 2. The minimum atomic E-state index is -0.289. The summed E-state index contributed by atoms with van der Waals surface area (Å²) in [6, 6.07) is 15.0. The first kappa shape index (κ1) is 24.3. The van der Waals surface area contributed by atoms with E-state index in [1.807, 2.05) is 38.1 Å². The van der Waals surface area contributed by atoms with Crippen molar-refractivity contribution in [2.75, 3.05) is 12.4 Å². The number of methoxy groups -OCH3 is 1. The second kappa shape index (κ2) is 12.0. The van der Waals surface area contributed by atoms with Gasteiger partial charge in [-0.1, -0.05) is 53.9 Å². The number of carbonyl (C=O) groups is 2. The van der Waals surface area contributed by atoms with Gasteiger partial charge in [-0.25, -0.2) is 0 Å². The number of thioether (sulfide) groups is 2. The highest BCUT2D eigenvalue weighted by Crippen LogP contribution is 2.33. The summed E-state index contributed by atoms with van der Waals surface area (Å²) >= 11 is 4.53. The van der Waals surface area contributed by atoms with Gasteiger partial charge in [0.2, 0.25) is 5.91 Å². The topological polar surface area (TPSA) is 81.2 Å². The first-order chi connectivity index (χ1) is 15.5. The Morgan fingerprint density at radius 3 is 2.41 bits per heavy atom. The maximum absolute atomic E-state index is 12.8. The van der Waals surface area contributed by atoms with Crippen LogP contribution in [0.4, 0.5) is 5.69 Å². The molecule has 0 bridgehead atoms. The van der Waals surface area contributed by atoms with Gasteiger partial charge in [-0.05, 0) is 55.3 Å². The molecule has 0 aliphatic carbocycles. The van der Waals surface area contributed by atoms with Crippen molar-refractivity contribution >= 4 is 52.2 Å². The number of nitrogens with zero attached hydrogens (tertiary/aromatic N) is 2. The third-order valence-corrected chi connectivity index (χ3v) is 7.80. The van der Waals surface area contributed by atoms with Crippen molar-refractivity contribution in [1.29, 1.82) is 0 Å². The number of anilines is 1. The minimum absolute atomic E-state index is 0.0177. The molecule has 6 nitrogen and oxygen atoms in total. The molecule has 3 rings (SSSR count). The monoisotopic (exact) mass is 487 g/mol. The van der Waals surface area contributed by atoms with Gasteiger partial charge in [-0.2, -0.15) is 0 Å². The van der Waals surface area contributed by atoms with Crippen LogP contribution in [0.25, 0.3) is 0 Å². The normalized spacial score (nSPS) is 11.7. The predicted octanol–water partition coefficient (Wildman–Crippen LogP) is 5.94. The number of rotatable bonds is 11. The lowest BCUT2D eigenvalue weighted by Crippen LogP contribution is -2.14. The molecule has 1 atom stereocenters. The molecule has 32 heavy (non-hydrogen) atoms. The fourth-order valence-electron chi connectivity index (χ4n) is 2.78. The van der Waals surface area contributed by atoms with E-state index < -0.39 is 0 Å². The molecule has 3 aromatic rings. The Labute approximate surface area is 200 Å². The predicted molar refractivity (Wildman–Crippen MR) is 132 cm³/mol. The van der Waals surface area contributed by atoms with Crippen molar-refractivity contribution in [2.24, 2.45) is 0 Å². The largest absolute Gasteiger partial charge is 0.497 e. The van der Waals surface area contributed by atoms with Crippen LogP contribution in [0.15, 0.2) is 57.2 Å². The van der Waals surface area contributed by atoms with Crippen LogP contribution in [-0.2, 0) is 10.5 Å². The van der Waals surface area contributed by atoms with Crippen LogP contribution in [0, 0.1) is 0 Å². The lowest BCUT2D eigenvalue weighted by molar-refractivity contribution is -0.116. The highest BCUT2D eigenvalue weighted by atomic mass is 32.2. The quantitative estimate of drug-likeness (QED) is 0.265. The molecule has 0 saturated carbocycles. The second-order valence-electron chi connectivity index (χ2n) is 6.97. The number of ether oxygens (including phenoxy) is 1. The maximum atomic E-state index is 12.8. The van der Waals surface area contributed by atoms with Crippen molar-refractivity contribution in [3.8, 4) is 5.75 Å². The number of ketones is 1. The summed E-state index contributed by atoms with van der Waals surface area (Å²) in [6.45, 7) is 3.83. The Bertz CT molecular complexity index is 1040. The first-order valence-electron chi connectivity index (χ1n) is 10.2. The number of hydrogen-bond acceptors (Lipinski definition) is 8. The van der Waals surface area contributed by atoms with E-state index in [-0.39, 0.29) is 16.9 Å². The van der Waals surface area contributed by atoms with Gasteiger partial charge in [0.25, 0.3) is 0 Å². The summed E-state index contributed by atoms with van der Waals surface area (Å²) in [5.74, 6) is 1.62. The summed E-state index contributed by atoms with van der Waals surface area (Å²) < 4.78 is 6.82. The van der Waals surface area contributed by atoms with Crippen LogP contribution in [-0.4, -0.2) is 34.2 Å². The molecule has 1 aromatic heterocycles. The van der Waals surface area contributed by atoms with Crippen molar-refractivity contribution in [1.82, 2.24) is 10.2 Å². The summed E-state index contributed by atoms with van der Waals surface area (Å²) in [6.07, 6.45) is 1.28. The van der Waals surface area contributed by atoms with E-state index in [9.17, 15) is 9.59 Å². The number of benzene rings is 2. The average molecular weight is 488 g/mol. The molecule has 9 heteroatoms. The van der Waals surface area contributed by atoms with Gasteiger partial charge in [0.15, 0.2) is 14.5 Å². The minimum Gasteiger partial charge on any atom is -0.497 e. The first-order valence-corrected chi connectivity index (χ1v) is 12.9. The number of carbonyl (C=O) groups excluding carboxylic acids is 2. The highest BCUT2D eigenvalue weighted by Gasteiger charge is 2.19. The number of Topliss-reactive ketones (excluding diaryl/α,β-unsaturated/α-hetero) is 1. The van der Waals surface area contributed by atoms with Crippen LogP contribution < -0.4 is 10.1 Å². The van der Waals surface area contributed by atoms with Crippen LogP contribution in [0.2, 0.25) is 0 Å². The van der Waals surface area contributed by atoms with Crippen LogP contribution >= 0.6 is 34.9 Å². The molecule has 168 valence electrons. The second-order valence-corrected chi connectivity index (χ2v) is 10.8. The summed E-state index contributed by atoms with van der Waals surface area (Å²) in [4.78, 5) is 24.5. The molecular formula is C23H25N3O3S3. The lowest BCUT2D eigenvalue weighted by atomic mass is 10.1. The van der Waals surface area contributed by atoms with Gasteiger partial charge < -0.3 is 10.1 Å². The van der Waals surface area contributed by atoms with Crippen molar-refractivity contribution in [2.45, 2.75) is 46.4 Å². The Kier molecular flexibility index (Phi) is 9.13. The van der Waals surface area contributed by atoms with Gasteiger partial charge in [0.05, 0.1) is 12.4 Å². The van der Waals surface area contributed by atoms with E-state index in [2.05, 4.69) is 15.5 Å². The van der Waals surface area contributed by atoms with E-state index in [0.29, 0.717) is 17.7 Å². The van der Waals surface area contributed by atoms with E-state index in [4.69, 9.17) is 4.74 Å². The Balaban J connectivity index is 1.51. The molecule has 0 aliphatic heterocycles. The van der Waals surface area contributed by atoms with Gasteiger partial charge in [0, 0.05) is 23.4 Å². The van der Waals surface area contributed by atoms with E-state index >= 15 is 0 Å². The molecule has 1 unspecified atom stereocenters. The Morgan fingerprint density at radius 2 is 1.75 bits per heavy atom. The van der Waals surface area contributed by atoms with Gasteiger partial charge >= 0.3 is 0 Å². The van der Waals surface area contributed by atoms with Crippen molar-refractivity contribution in [3.05, 3.63) is 59.7 Å². The van der Waals surface area contributed by atoms with E-state index in [1.54, 1.807) is 43.1 Å². The zero-order chi connectivity index (χ0) is 22.9. The molecule has 1 N–H and O–H groups in total. The van der Waals surface area contributed by atoms with Gasteiger partial charge in [-0.3, -0.25) is 9.59 Å². The smallest absolute Gasteiger partial charge is 0.224 e. The molecule has 0 spiro atoms. The average Bonchev–Trinajstić information content (AvgIpc) is 3.25. The molecule has 0 fully saturated rings. The SMILES string of the molecule is CCCC(=O)Nc1ccc(C(=O)C(C)Sc2nnc(SCc3ccc(OC)cc3)s2)cc1. The van der Waals surface area contributed by atoms with Crippen LogP contribution in [0.3, 0.4) is 0 Å². The van der Waals surface area contributed by atoms with Crippen molar-refractivity contribution in [3.63, 3.8) is 0 Å². The Hall–Kier alpha value is -2.36. The van der Waals surface area contributed by atoms with E-state index in [0.717, 1.165) is 26.6 Å². The number of nitrogens with one attached hydrogen (secondary N) is 1. The number of hydrogen-bond donors (Lipinski definition) is 1. The van der Waals surface area contributed by atoms with Crippen LogP contribution in [0.1, 0.15) is 42.6 Å². The molecule has 0 saturated heterocycles. The van der Waals surface area contributed by atoms with Crippen LogP contribution in [0.5, 0.6) is 5.75 Å². The molecular weight excluding hydrogens is 462 g/mol. The zero-order valence-electron chi connectivity index (χ0n) is 18.2. The Morgan fingerprint density at radius 1 is 1.06 bits per heavy atom. The zero-order valence-corrected chi connectivity index (χ0v) is 20.6. The summed E-state index contributed by atoms with van der Waals surface area (Å²) in [5, 5.41) is 11.0. The molecule has 0 radical (unpaired) electrons. The molecule has 1 amide bonds. The highest BCUT2D eigenvalue weighted by molar-refractivity contribution is 8.03. The third kappa shape index (κ3) is 7.08. The van der Waals surface area contributed by atoms with E-state index in [1.165, 1.54) is 28.7 Å². The maximum Gasteiger partial charge on any atom is 0.224 e. The third-order valence-electron chi connectivity index (χ3n) is 4.49. The molecule has 2 aromatic carbocycles. The van der Waals surface area contributed by atoms with Crippen molar-refractivity contribution < 1.29 is 14.3 Å². The summed E-state index contributed by atoms with van der Waals surface area (Å²) in [7, 11) is 1.65. The molecule has 1 heterocycles. The summed E-state index contributed by atoms with van der Waals surface area (Å²) in [5.41, 5.74) is 2.48. The number of amides is 1. The fourth-order valence-corrected chi connectivity index (χ4v) is 5.97. The standard InChI is InChI=1S/C23H25N3O3S3/c1-4-5-20(27)24-18-10-8-17(9-11-18)21(28)15(2)31-23-26-25-22(32-23)30-14-16-6-12-19(29-3)13-7-16/h6-13,15H,4-5,14H2,1-3H3,(H,24,27).